The molecule has 0 atom stereocenters. The van der Waals surface area contributed by atoms with E-state index in [0.717, 1.165) is 0 Å². The SMILES string of the molecule is CNc1c(O)noc1C. The van der Waals surface area contributed by atoms with E-state index in [2.05, 4.69) is 15.0 Å². The summed E-state index contributed by atoms with van der Waals surface area (Å²) in [5.41, 5.74) is 0.551. The van der Waals surface area contributed by atoms with Crippen molar-refractivity contribution < 1.29 is 9.63 Å². The number of aromatic hydroxyl groups is 1. The molecular weight excluding hydrogens is 120 g/mol. The molecule has 0 spiro atoms. The lowest BCUT2D eigenvalue weighted by molar-refractivity contribution is 0.348. The van der Waals surface area contributed by atoms with E-state index < -0.39 is 0 Å². The highest BCUT2D eigenvalue weighted by molar-refractivity contribution is 5.53. The quantitative estimate of drug-likeness (QED) is 0.585. The van der Waals surface area contributed by atoms with E-state index in [0.29, 0.717) is 11.4 Å². The molecule has 0 aromatic carbocycles. The van der Waals surface area contributed by atoms with Gasteiger partial charge in [0.25, 0.3) is 5.88 Å². The first-order valence-electron chi connectivity index (χ1n) is 2.58. The molecular formula is C5H8N2O2. The van der Waals surface area contributed by atoms with Crippen LogP contribution in [0.2, 0.25) is 0 Å². The summed E-state index contributed by atoms with van der Waals surface area (Å²) in [5.74, 6) is 0.505. The second-order valence-corrected chi connectivity index (χ2v) is 1.69. The first-order valence-corrected chi connectivity index (χ1v) is 2.58. The molecule has 0 fully saturated rings. The highest BCUT2D eigenvalue weighted by Crippen LogP contribution is 2.23. The fraction of sp³-hybridized carbons (Fsp3) is 0.400. The van der Waals surface area contributed by atoms with Crippen molar-refractivity contribution >= 4 is 5.69 Å². The van der Waals surface area contributed by atoms with Crippen LogP contribution in [0.3, 0.4) is 0 Å². The Hall–Kier alpha value is -1.19. The zero-order valence-corrected chi connectivity index (χ0v) is 5.30. The molecule has 0 unspecified atom stereocenters. The average molecular weight is 128 g/mol. The van der Waals surface area contributed by atoms with Gasteiger partial charge in [-0.15, -0.1) is 0 Å². The molecule has 1 aromatic rings. The van der Waals surface area contributed by atoms with Gasteiger partial charge in [0.15, 0.2) is 5.76 Å². The Labute approximate surface area is 52.5 Å². The lowest BCUT2D eigenvalue weighted by atomic mass is 10.4. The number of nitrogens with zero attached hydrogens (tertiary/aromatic N) is 1. The fourth-order valence-electron chi connectivity index (χ4n) is 0.648. The van der Waals surface area contributed by atoms with E-state index in [9.17, 15) is 0 Å². The van der Waals surface area contributed by atoms with Crippen molar-refractivity contribution in [3.8, 4) is 5.88 Å². The van der Waals surface area contributed by atoms with Crippen molar-refractivity contribution in [3.63, 3.8) is 0 Å². The number of aromatic nitrogens is 1. The minimum Gasteiger partial charge on any atom is -0.490 e. The smallest absolute Gasteiger partial charge is 0.275 e. The Morgan fingerprint density at radius 1 is 1.67 bits per heavy atom. The molecule has 0 saturated heterocycles. The van der Waals surface area contributed by atoms with Crippen LogP contribution in [0.4, 0.5) is 5.69 Å². The number of aryl methyl sites for hydroxylation is 1. The van der Waals surface area contributed by atoms with Gasteiger partial charge in [-0.25, -0.2) is 0 Å². The molecule has 0 aliphatic carbocycles. The lowest BCUT2D eigenvalue weighted by Gasteiger charge is -1.91. The molecule has 0 radical (unpaired) electrons. The number of hydrogen-bond donors (Lipinski definition) is 2. The minimum atomic E-state index is -0.0880. The van der Waals surface area contributed by atoms with Gasteiger partial charge in [0.1, 0.15) is 5.69 Å². The molecule has 0 aliphatic rings. The van der Waals surface area contributed by atoms with Crippen molar-refractivity contribution in [2.75, 3.05) is 12.4 Å². The van der Waals surface area contributed by atoms with Gasteiger partial charge in [0.05, 0.1) is 0 Å². The molecule has 2 N–H and O–H groups in total. The van der Waals surface area contributed by atoms with Gasteiger partial charge < -0.3 is 14.9 Å². The Morgan fingerprint density at radius 2 is 2.33 bits per heavy atom. The van der Waals surface area contributed by atoms with E-state index in [1.807, 2.05) is 0 Å². The summed E-state index contributed by atoms with van der Waals surface area (Å²) in [6.07, 6.45) is 0. The molecule has 0 saturated carbocycles. The summed E-state index contributed by atoms with van der Waals surface area (Å²) in [7, 11) is 1.69. The molecule has 1 heterocycles. The predicted molar refractivity (Wildman–Crippen MR) is 32.5 cm³/mol. The lowest BCUT2D eigenvalue weighted by Crippen LogP contribution is -1.86. The fourth-order valence-corrected chi connectivity index (χ4v) is 0.648. The maximum Gasteiger partial charge on any atom is 0.275 e. The Balaban J connectivity index is 3.07. The number of nitrogens with one attached hydrogen (secondary N) is 1. The molecule has 1 aromatic heterocycles. The van der Waals surface area contributed by atoms with Gasteiger partial charge in [-0.3, -0.25) is 0 Å². The van der Waals surface area contributed by atoms with E-state index in [1.165, 1.54) is 0 Å². The standard InChI is InChI=1S/C5H8N2O2/c1-3-4(6-2)5(8)7-9-3/h6H,1-2H3,(H,7,8). The summed E-state index contributed by atoms with van der Waals surface area (Å²) in [4.78, 5) is 0. The van der Waals surface area contributed by atoms with Crippen molar-refractivity contribution in [1.82, 2.24) is 5.16 Å². The molecule has 1 rings (SSSR count). The van der Waals surface area contributed by atoms with Crippen molar-refractivity contribution in [2.45, 2.75) is 6.92 Å². The van der Waals surface area contributed by atoms with Crippen molar-refractivity contribution in [1.29, 1.82) is 0 Å². The highest BCUT2D eigenvalue weighted by Gasteiger charge is 2.07. The number of anilines is 1. The van der Waals surface area contributed by atoms with Crippen LogP contribution in [0.5, 0.6) is 5.88 Å². The molecule has 50 valence electrons. The minimum absolute atomic E-state index is 0.0880. The van der Waals surface area contributed by atoms with Crippen LogP contribution in [0.25, 0.3) is 0 Å². The first-order chi connectivity index (χ1) is 4.25. The van der Waals surface area contributed by atoms with Crippen LogP contribution in [0, 0.1) is 6.92 Å². The van der Waals surface area contributed by atoms with Crippen molar-refractivity contribution in [2.24, 2.45) is 0 Å². The van der Waals surface area contributed by atoms with Gasteiger partial charge in [0.2, 0.25) is 0 Å². The molecule has 0 aliphatic heterocycles. The molecule has 0 amide bonds. The largest absolute Gasteiger partial charge is 0.490 e. The van der Waals surface area contributed by atoms with Gasteiger partial charge >= 0.3 is 0 Å². The van der Waals surface area contributed by atoms with E-state index in [-0.39, 0.29) is 5.88 Å². The number of hydrogen-bond acceptors (Lipinski definition) is 4. The summed E-state index contributed by atoms with van der Waals surface area (Å²) < 4.78 is 4.62. The molecule has 4 nitrogen and oxygen atoms in total. The van der Waals surface area contributed by atoms with Crippen LogP contribution in [0.15, 0.2) is 4.52 Å². The third-order valence-corrected chi connectivity index (χ3v) is 1.09. The van der Waals surface area contributed by atoms with E-state index >= 15 is 0 Å². The second-order valence-electron chi connectivity index (χ2n) is 1.69. The van der Waals surface area contributed by atoms with E-state index in [4.69, 9.17) is 5.11 Å². The number of rotatable bonds is 1. The summed E-state index contributed by atoms with van der Waals surface area (Å²) in [6.45, 7) is 1.72. The van der Waals surface area contributed by atoms with Crippen LogP contribution >= 0.6 is 0 Å². The highest BCUT2D eigenvalue weighted by atomic mass is 16.5. The maximum atomic E-state index is 8.86. The van der Waals surface area contributed by atoms with Crippen LogP contribution in [0.1, 0.15) is 5.76 Å². The Kier molecular flexibility index (Phi) is 1.30. The average Bonchev–Trinajstić information content (AvgIpc) is 2.12. The molecule has 4 heteroatoms. The van der Waals surface area contributed by atoms with Crippen LogP contribution < -0.4 is 5.32 Å². The monoisotopic (exact) mass is 128 g/mol. The Morgan fingerprint density at radius 3 is 2.56 bits per heavy atom. The third-order valence-electron chi connectivity index (χ3n) is 1.09. The molecule has 0 bridgehead atoms. The summed E-state index contributed by atoms with van der Waals surface area (Å²) in [5, 5.41) is 14.9. The van der Waals surface area contributed by atoms with Gasteiger partial charge in [-0.05, 0) is 12.1 Å². The van der Waals surface area contributed by atoms with Crippen LogP contribution in [-0.4, -0.2) is 17.3 Å². The Bertz CT molecular complexity index is 187. The van der Waals surface area contributed by atoms with Gasteiger partial charge in [0, 0.05) is 7.05 Å². The predicted octanol–water partition coefficient (Wildman–Crippen LogP) is 0.730. The van der Waals surface area contributed by atoms with Gasteiger partial charge in [-0.2, -0.15) is 0 Å². The maximum absolute atomic E-state index is 8.86. The van der Waals surface area contributed by atoms with Crippen molar-refractivity contribution in [3.05, 3.63) is 5.76 Å². The third kappa shape index (κ3) is 0.826. The zero-order chi connectivity index (χ0) is 6.85. The molecule has 9 heavy (non-hydrogen) atoms. The zero-order valence-electron chi connectivity index (χ0n) is 5.30. The first kappa shape index (κ1) is 5.94. The van der Waals surface area contributed by atoms with E-state index in [1.54, 1.807) is 14.0 Å². The van der Waals surface area contributed by atoms with Gasteiger partial charge in [-0.1, -0.05) is 0 Å². The summed E-state index contributed by atoms with van der Waals surface area (Å²) >= 11 is 0. The normalized spacial score (nSPS) is 9.56. The summed E-state index contributed by atoms with van der Waals surface area (Å²) in [6, 6.07) is 0. The second kappa shape index (κ2) is 1.97. The van der Waals surface area contributed by atoms with Crippen LogP contribution in [-0.2, 0) is 0 Å². The topological polar surface area (TPSA) is 58.3 Å².